The molecule has 2 aliphatic rings. The molecule has 2 aliphatic heterocycles. The normalized spacial score (nSPS) is 30.0. The van der Waals surface area contributed by atoms with E-state index in [-0.39, 0.29) is 0 Å². The second-order valence-electron chi connectivity index (χ2n) is 4.67. The lowest BCUT2D eigenvalue weighted by atomic mass is 10.1. The topological polar surface area (TPSA) is 60.2 Å². The minimum atomic E-state index is 0.346. The summed E-state index contributed by atoms with van der Waals surface area (Å²) in [7, 11) is 0. The average Bonchev–Trinajstić information content (AvgIpc) is 2.99. The molecule has 2 unspecified atom stereocenters. The van der Waals surface area contributed by atoms with Gasteiger partial charge in [0.2, 0.25) is 5.89 Å². The minimum absolute atomic E-state index is 0.346. The van der Waals surface area contributed by atoms with E-state index < -0.39 is 0 Å². The van der Waals surface area contributed by atoms with Crippen LogP contribution >= 0.6 is 0 Å². The van der Waals surface area contributed by atoms with Gasteiger partial charge in [-0.2, -0.15) is 4.98 Å². The highest BCUT2D eigenvalue weighted by Gasteiger charge is 2.24. The Hall–Kier alpha value is -0.940. The predicted octanol–water partition coefficient (Wildman–Crippen LogP) is 0.725. The highest BCUT2D eigenvalue weighted by molar-refractivity contribution is 4.98. The number of ether oxygens (including phenoxy) is 1. The molecule has 1 N–H and O–H groups in total. The minimum Gasteiger partial charge on any atom is -0.381 e. The van der Waals surface area contributed by atoms with E-state index in [9.17, 15) is 0 Å². The van der Waals surface area contributed by atoms with E-state index in [1.807, 2.05) is 0 Å². The van der Waals surface area contributed by atoms with Crippen molar-refractivity contribution in [3.05, 3.63) is 11.7 Å². The third-order valence-electron chi connectivity index (χ3n) is 3.40. The first kappa shape index (κ1) is 10.2. The molecule has 88 valence electrons. The Morgan fingerprint density at radius 1 is 1.38 bits per heavy atom. The van der Waals surface area contributed by atoms with Crippen LogP contribution in [0.4, 0.5) is 0 Å². The third kappa shape index (κ3) is 2.10. The van der Waals surface area contributed by atoms with Gasteiger partial charge in [0.05, 0.1) is 6.61 Å². The van der Waals surface area contributed by atoms with Crippen LogP contribution in [-0.4, -0.2) is 36.4 Å². The van der Waals surface area contributed by atoms with Crippen LogP contribution in [0.2, 0.25) is 0 Å². The first-order chi connectivity index (χ1) is 7.92. The zero-order chi connectivity index (χ0) is 10.8. The molecule has 0 bridgehead atoms. The van der Waals surface area contributed by atoms with Crippen LogP contribution in [-0.2, 0) is 11.2 Å². The molecule has 5 heteroatoms. The van der Waals surface area contributed by atoms with Crippen molar-refractivity contribution in [2.45, 2.75) is 25.2 Å². The van der Waals surface area contributed by atoms with Gasteiger partial charge in [0.25, 0.3) is 0 Å². The Balaban J connectivity index is 1.62. The fourth-order valence-corrected chi connectivity index (χ4v) is 2.39. The maximum Gasteiger partial charge on any atom is 0.226 e. The molecule has 0 amide bonds. The summed E-state index contributed by atoms with van der Waals surface area (Å²) >= 11 is 0. The molecule has 1 aromatic rings. The highest BCUT2D eigenvalue weighted by atomic mass is 16.5. The third-order valence-corrected chi connectivity index (χ3v) is 3.40. The lowest BCUT2D eigenvalue weighted by Gasteiger charge is -2.02. The summed E-state index contributed by atoms with van der Waals surface area (Å²) in [5.41, 5.74) is 0. The van der Waals surface area contributed by atoms with E-state index in [1.54, 1.807) is 0 Å². The Morgan fingerprint density at radius 3 is 3.12 bits per heavy atom. The fraction of sp³-hybridized carbons (Fsp3) is 0.818. The van der Waals surface area contributed by atoms with Gasteiger partial charge in [-0.25, -0.2) is 0 Å². The lowest BCUT2D eigenvalue weighted by Crippen LogP contribution is -2.11. The van der Waals surface area contributed by atoms with Crippen LogP contribution in [0, 0.1) is 5.92 Å². The molecular formula is C11H17N3O2. The van der Waals surface area contributed by atoms with Crippen molar-refractivity contribution >= 4 is 0 Å². The number of hydrogen-bond donors (Lipinski definition) is 1. The van der Waals surface area contributed by atoms with Crippen LogP contribution < -0.4 is 5.32 Å². The van der Waals surface area contributed by atoms with E-state index in [0.29, 0.717) is 11.8 Å². The smallest absolute Gasteiger partial charge is 0.226 e. The van der Waals surface area contributed by atoms with Gasteiger partial charge in [-0.05, 0) is 31.8 Å². The van der Waals surface area contributed by atoms with Gasteiger partial charge in [-0.1, -0.05) is 5.16 Å². The molecule has 5 nitrogen and oxygen atoms in total. The van der Waals surface area contributed by atoms with Crippen molar-refractivity contribution in [1.29, 1.82) is 0 Å². The van der Waals surface area contributed by atoms with Crippen molar-refractivity contribution in [2.75, 3.05) is 26.3 Å². The SMILES string of the molecule is C1CC(Cc2nc(C3CCOC3)no2)CN1. The molecule has 2 saturated heterocycles. The van der Waals surface area contributed by atoms with Crippen molar-refractivity contribution in [3.8, 4) is 0 Å². The van der Waals surface area contributed by atoms with Gasteiger partial charge in [0, 0.05) is 18.9 Å². The van der Waals surface area contributed by atoms with Crippen molar-refractivity contribution < 1.29 is 9.26 Å². The molecule has 0 radical (unpaired) electrons. The first-order valence-corrected chi connectivity index (χ1v) is 6.03. The molecule has 16 heavy (non-hydrogen) atoms. The van der Waals surface area contributed by atoms with Crippen LogP contribution in [0.3, 0.4) is 0 Å². The summed E-state index contributed by atoms with van der Waals surface area (Å²) in [6.45, 7) is 3.75. The molecule has 0 aromatic carbocycles. The molecule has 3 heterocycles. The molecule has 0 spiro atoms. The second-order valence-corrected chi connectivity index (χ2v) is 4.67. The molecule has 3 rings (SSSR count). The number of hydrogen-bond acceptors (Lipinski definition) is 5. The zero-order valence-electron chi connectivity index (χ0n) is 9.32. The van der Waals surface area contributed by atoms with E-state index in [4.69, 9.17) is 9.26 Å². The summed E-state index contributed by atoms with van der Waals surface area (Å²) < 4.78 is 10.6. The lowest BCUT2D eigenvalue weighted by molar-refractivity contribution is 0.192. The van der Waals surface area contributed by atoms with Crippen molar-refractivity contribution in [1.82, 2.24) is 15.5 Å². The van der Waals surface area contributed by atoms with E-state index in [1.165, 1.54) is 6.42 Å². The van der Waals surface area contributed by atoms with E-state index in [2.05, 4.69) is 15.5 Å². The van der Waals surface area contributed by atoms with Crippen molar-refractivity contribution in [2.24, 2.45) is 5.92 Å². The summed E-state index contributed by atoms with van der Waals surface area (Å²) in [6, 6.07) is 0. The molecule has 0 saturated carbocycles. The maximum absolute atomic E-state index is 5.32. The Kier molecular flexibility index (Phi) is 2.88. The maximum atomic E-state index is 5.32. The van der Waals surface area contributed by atoms with E-state index in [0.717, 1.165) is 50.9 Å². The van der Waals surface area contributed by atoms with Gasteiger partial charge in [-0.15, -0.1) is 0 Å². The number of nitrogens with zero attached hydrogens (tertiary/aromatic N) is 2. The number of rotatable bonds is 3. The summed E-state index contributed by atoms with van der Waals surface area (Å²) in [6.07, 6.45) is 3.14. The average molecular weight is 223 g/mol. The predicted molar refractivity (Wildman–Crippen MR) is 57.2 cm³/mol. The van der Waals surface area contributed by atoms with Gasteiger partial charge in [-0.3, -0.25) is 0 Å². The van der Waals surface area contributed by atoms with Crippen molar-refractivity contribution in [3.63, 3.8) is 0 Å². The Labute approximate surface area is 94.6 Å². The van der Waals surface area contributed by atoms with Crippen LogP contribution in [0.1, 0.15) is 30.5 Å². The summed E-state index contributed by atoms with van der Waals surface area (Å²) in [5.74, 6) is 2.63. The van der Waals surface area contributed by atoms with Crippen LogP contribution in [0.25, 0.3) is 0 Å². The van der Waals surface area contributed by atoms with E-state index >= 15 is 0 Å². The summed E-state index contributed by atoms with van der Waals surface area (Å²) in [5, 5.41) is 7.40. The number of nitrogens with one attached hydrogen (secondary N) is 1. The Morgan fingerprint density at radius 2 is 2.38 bits per heavy atom. The largest absolute Gasteiger partial charge is 0.381 e. The van der Waals surface area contributed by atoms with Crippen LogP contribution in [0.15, 0.2) is 4.52 Å². The standard InChI is InChI=1S/C11H17N3O2/c1-3-12-6-8(1)5-10-13-11(14-16-10)9-2-4-15-7-9/h8-9,12H,1-7H2. The van der Waals surface area contributed by atoms with Gasteiger partial charge in [0.1, 0.15) is 0 Å². The zero-order valence-corrected chi connectivity index (χ0v) is 9.32. The second kappa shape index (κ2) is 4.51. The summed E-state index contributed by atoms with van der Waals surface area (Å²) in [4.78, 5) is 4.47. The monoisotopic (exact) mass is 223 g/mol. The molecular weight excluding hydrogens is 206 g/mol. The molecule has 2 atom stereocenters. The highest BCUT2D eigenvalue weighted by Crippen LogP contribution is 2.23. The molecule has 2 fully saturated rings. The Bertz CT molecular complexity index is 341. The fourth-order valence-electron chi connectivity index (χ4n) is 2.39. The van der Waals surface area contributed by atoms with Gasteiger partial charge < -0.3 is 14.6 Å². The first-order valence-electron chi connectivity index (χ1n) is 6.03. The molecule has 0 aliphatic carbocycles. The van der Waals surface area contributed by atoms with Crippen LogP contribution in [0.5, 0.6) is 0 Å². The quantitative estimate of drug-likeness (QED) is 0.818. The van der Waals surface area contributed by atoms with Gasteiger partial charge >= 0.3 is 0 Å². The number of aromatic nitrogens is 2. The molecule has 1 aromatic heterocycles. The van der Waals surface area contributed by atoms with Gasteiger partial charge in [0.15, 0.2) is 5.82 Å².